The Morgan fingerprint density at radius 1 is 1.40 bits per heavy atom. The van der Waals surface area contributed by atoms with Gasteiger partial charge in [-0.05, 0) is 18.9 Å². The Morgan fingerprint density at radius 3 is 2.75 bits per heavy atom. The van der Waals surface area contributed by atoms with Gasteiger partial charge in [0.05, 0.1) is 0 Å². The van der Waals surface area contributed by atoms with Crippen LogP contribution in [0.5, 0.6) is 0 Å². The van der Waals surface area contributed by atoms with E-state index in [1.807, 2.05) is 44.2 Å². The molecule has 2 aromatic rings. The molecule has 3 N–H and O–H groups in total. The molecule has 106 valence electrons. The van der Waals surface area contributed by atoms with Crippen LogP contribution in [0.25, 0.3) is 0 Å². The predicted molar refractivity (Wildman–Crippen MR) is 76.2 cm³/mol. The largest absolute Gasteiger partial charge is 0.446 e. The topological polar surface area (TPSA) is 81.2 Å². The number of amides is 1. The summed E-state index contributed by atoms with van der Waals surface area (Å²) in [6.07, 6.45) is 2.20. The maximum absolute atomic E-state index is 11.9. The van der Waals surface area contributed by atoms with Crippen LogP contribution in [0.1, 0.15) is 48.3 Å². The summed E-state index contributed by atoms with van der Waals surface area (Å²) < 4.78 is 5.32. The summed E-state index contributed by atoms with van der Waals surface area (Å²) in [4.78, 5) is 16.1. The molecule has 0 radical (unpaired) electrons. The molecule has 5 nitrogen and oxygen atoms in total. The van der Waals surface area contributed by atoms with Crippen LogP contribution in [0.3, 0.4) is 0 Å². The Morgan fingerprint density at radius 2 is 2.10 bits per heavy atom. The molecule has 20 heavy (non-hydrogen) atoms. The number of nitrogens with two attached hydrogens (primary N) is 1. The van der Waals surface area contributed by atoms with Crippen molar-refractivity contribution >= 4 is 5.91 Å². The van der Waals surface area contributed by atoms with E-state index in [1.54, 1.807) is 0 Å². The van der Waals surface area contributed by atoms with Gasteiger partial charge < -0.3 is 15.5 Å². The third-order valence-corrected chi connectivity index (χ3v) is 3.17. The highest BCUT2D eigenvalue weighted by Crippen LogP contribution is 2.18. The maximum atomic E-state index is 11.9. The molecule has 0 fully saturated rings. The van der Waals surface area contributed by atoms with Crippen LogP contribution >= 0.6 is 0 Å². The molecule has 1 aromatic heterocycles. The Balaban J connectivity index is 2.11. The Labute approximate surface area is 118 Å². The highest BCUT2D eigenvalue weighted by Gasteiger charge is 2.18. The lowest BCUT2D eigenvalue weighted by Gasteiger charge is -2.09. The van der Waals surface area contributed by atoms with Crippen LogP contribution in [-0.2, 0) is 0 Å². The first-order valence-corrected chi connectivity index (χ1v) is 6.68. The molecule has 0 spiro atoms. The lowest BCUT2D eigenvalue weighted by molar-refractivity contribution is 0.0934. The van der Waals surface area contributed by atoms with Gasteiger partial charge in [-0.2, -0.15) is 0 Å². The maximum Gasteiger partial charge on any atom is 0.273 e. The Hall–Kier alpha value is -2.14. The normalized spacial score (nSPS) is 13.8. The van der Waals surface area contributed by atoms with Gasteiger partial charge in [-0.15, -0.1) is 0 Å². The number of nitrogens with zero attached hydrogens (tertiary/aromatic N) is 1. The van der Waals surface area contributed by atoms with Crippen LogP contribution in [0.4, 0.5) is 0 Å². The molecule has 2 atom stereocenters. The average Bonchev–Trinajstić information content (AvgIpc) is 2.97. The number of carbonyl (C=O) groups is 1. The van der Waals surface area contributed by atoms with Crippen molar-refractivity contribution < 1.29 is 9.21 Å². The van der Waals surface area contributed by atoms with Crippen molar-refractivity contribution in [3.05, 3.63) is 53.7 Å². The van der Waals surface area contributed by atoms with Crippen LogP contribution in [0.2, 0.25) is 0 Å². The number of hydrogen-bond donors (Lipinski definition) is 2. The van der Waals surface area contributed by atoms with Gasteiger partial charge in [0, 0.05) is 6.04 Å². The van der Waals surface area contributed by atoms with Crippen LogP contribution in [-0.4, -0.2) is 16.9 Å². The third-order valence-electron chi connectivity index (χ3n) is 3.17. The summed E-state index contributed by atoms with van der Waals surface area (Å²) in [6, 6.07) is 9.13. The molecule has 1 aromatic carbocycles. The van der Waals surface area contributed by atoms with Gasteiger partial charge in [0.1, 0.15) is 12.3 Å². The van der Waals surface area contributed by atoms with E-state index in [9.17, 15) is 4.79 Å². The minimum Gasteiger partial charge on any atom is -0.446 e. The van der Waals surface area contributed by atoms with Crippen LogP contribution < -0.4 is 11.1 Å². The first-order valence-electron chi connectivity index (χ1n) is 6.68. The second kappa shape index (κ2) is 6.34. The standard InChI is InChI=1S/C15H19N3O2/c1-3-10(2)17-14(19)12-9-20-15(18-12)13(16)11-7-5-4-6-8-11/h4-10,13H,3,16H2,1-2H3,(H,17,19). The molecule has 2 unspecified atom stereocenters. The zero-order valence-electron chi connectivity index (χ0n) is 11.7. The fraction of sp³-hybridized carbons (Fsp3) is 0.333. The summed E-state index contributed by atoms with van der Waals surface area (Å²) in [6.45, 7) is 3.94. The van der Waals surface area contributed by atoms with E-state index in [2.05, 4.69) is 10.3 Å². The van der Waals surface area contributed by atoms with Crippen molar-refractivity contribution in [3.8, 4) is 0 Å². The quantitative estimate of drug-likeness (QED) is 0.875. The lowest BCUT2D eigenvalue weighted by atomic mass is 10.1. The van der Waals surface area contributed by atoms with E-state index < -0.39 is 6.04 Å². The molecule has 0 aliphatic carbocycles. The van der Waals surface area contributed by atoms with Gasteiger partial charge in [0.15, 0.2) is 5.69 Å². The van der Waals surface area contributed by atoms with E-state index >= 15 is 0 Å². The molecule has 0 bridgehead atoms. The molecule has 1 amide bonds. The number of oxazole rings is 1. The number of carbonyl (C=O) groups excluding carboxylic acids is 1. The van der Waals surface area contributed by atoms with Gasteiger partial charge in [-0.25, -0.2) is 4.98 Å². The first-order chi connectivity index (χ1) is 9.61. The minimum absolute atomic E-state index is 0.102. The van der Waals surface area contributed by atoms with E-state index in [0.29, 0.717) is 5.89 Å². The molecule has 0 aliphatic rings. The van der Waals surface area contributed by atoms with Crippen molar-refractivity contribution in [2.45, 2.75) is 32.4 Å². The summed E-state index contributed by atoms with van der Waals surface area (Å²) in [7, 11) is 0. The SMILES string of the molecule is CCC(C)NC(=O)c1coc(C(N)c2ccccc2)n1. The van der Waals surface area contributed by atoms with Crippen molar-refractivity contribution in [2.75, 3.05) is 0 Å². The monoisotopic (exact) mass is 273 g/mol. The molecule has 0 aliphatic heterocycles. The van der Waals surface area contributed by atoms with Crippen molar-refractivity contribution in [3.63, 3.8) is 0 Å². The van der Waals surface area contributed by atoms with Crippen molar-refractivity contribution in [1.82, 2.24) is 10.3 Å². The molecular formula is C15H19N3O2. The third kappa shape index (κ3) is 3.24. The second-order valence-corrected chi connectivity index (χ2v) is 4.74. The molecule has 0 saturated heterocycles. The zero-order valence-corrected chi connectivity index (χ0v) is 11.7. The fourth-order valence-electron chi connectivity index (χ4n) is 1.74. The number of rotatable bonds is 5. The lowest BCUT2D eigenvalue weighted by Crippen LogP contribution is -2.32. The predicted octanol–water partition coefficient (Wildman–Crippen LogP) is 2.25. The number of aromatic nitrogens is 1. The summed E-state index contributed by atoms with van der Waals surface area (Å²) >= 11 is 0. The summed E-state index contributed by atoms with van der Waals surface area (Å²) in [5.74, 6) is 0.0973. The van der Waals surface area contributed by atoms with Gasteiger partial charge in [-0.1, -0.05) is 37.3 Å². The summed E-state index contributed by atoms with van der Waals surface area (Å²) in [5, 5.41) is 2.84. The molecular weight excluding hydrogens is 254 g/mol. The van der Waals surface area contributed by atoms with Gasteiger partial charge in [0.2, 0.25) is 5.89 Å². The smallest absolute Gasteiger partial charge is 0.273 e. The Kier molecular flexibility index (Phi) is 4.53. The van der Waals surface area contributed by atoms with Crippen LogP contribution in [0, 0.1) is 0 Å². The number of nitrogens with one attached hydrogen (secondary N) is 1. The summed E-state index contributed by atoms with van der Waals surface area (Å²) in [5.41, 5.74) is 7.22. The average molecular weight is 273 g/mol. The first kappa shape index (κ1) is 14.3. The molecule has 1 heterocycles. The second-order valence-electron chi connectivity index (χ2n) is 4.74. The zero-order chi connectivity index (χ0) is 14.5. The number of hydrogen-bond acceptors (Lipinski definition) is 4. The molecule has 2 rings (SSSR count). The Bertz CT molecular complexity index is 566. The van der Waals surface area contributed by atoms with E-state index in [4.69, 9.17) is 10.2 Å². The van der Waals surface area contributed by atoms with Gasteiger partial charge >= 0.3 is 0 Å². The molecule has 0 saturated carbocycles. The van der Waals surface area contributed by atoms with Gasteiger partial charge in [0.25, 0.3) is 5.91 Å². The van der Waals surface area contributed by atoms with Crippen LogP contribution in [0.15, 0.2) is 41.0 Å². The van der Waals surface area contributed by atoms with Crippen molar-refractivity contribution in [1.29, 1.82) is 0 Å². The number of benzene rings is 1. The van der Waals surface area contributed by atoms with Gasteiger partial charge in [-0.3, -0.25) is 4.79 Å². The minimum atomic E-state index is -0.471. The van der Waals surface area contributed by atoms with E-state index in [1.165, 1.54) is 6.26 Å². The fourth-order valence-corrected chi connectivity index (χ4v) is 1.74. The highest BCUT2D eigenvalue weighted by molar-refractivity contribution is 5.92. The van der Waals surface area contributed by atoms with E-state index in [0.717, 1.165) is 12.0 Å². The highest BCUT2D eigenvalue weighted by atomic mass is 16.3. The van der Waals surface area contributed by atoms with E-state index in [-0.39, 0.29) is 17.6 Å². The molecule has 5 heteroatoms. The van der Waals surface area contributed by atoms with Crippen molar-refractivity contribution in [2.24, 2.45) is 5.73 Å².